The zero-order valence-electron chi connectivity index (χ0n) is 10.5. The summed E-state index contributed by atoms with van der Waals surface area (Å²) in [5.74, 6) is -0.684. The van der Waals surface area contributed by atoms with Crippen molar-refractivity contribution in [2.24, 2.45) is 0 Å². The van der Waals surface area contributed by atoms with Gasteiger partial charge in [0.15, 0.2) is 0 Å². The number of nitrogens with two attached hydrogens (primary N) is 1. The number of aromatic carboxylic acids is 1. The van der Waals surface area contributed by atoms with Crippen LogP contribution in [-0.2, 0) is 6.42 Å². The highest BCUT2D eigenvalue weighted by molar-refractivity contribution is 7.09. The second kappa shape index (κ2) is 5.71. The Morgan fingerprint density at radius 1 is 1.63 bits per heavy atom. The van der Waals surface area contributed by atoms with Crippen LogP contribution in [0.2, 0.25) is 0 Å². The summed E-state index contributed by atoms with van der Waals surface area (Å²) in [5, 5.41) is 14.3. The van der Waals surface area contributed by atoms with Gasteiger partial charge in [-0.3, -0.25) is 0 Å². The number of pyridine rings is 1. The Hall–Kier alpha value is -2.08. The summed E-state index contributed by atoms with van der Waals surface area (Å²) in [5.41, 5.74) is 5.99. The van der Waals surface area contributed by atoms with E-state index >= 15 is 0 Å². The van der Waals surface area contributed by atoms with Gasteiger partial charge < -0.3 is 16.2 Å². The molecular weight excluding hydrogens is 262 g/mol. The number of anilines is 2. The fourth-order valence-electron chi connectivity index (χ4n) is 1.77. The van der Waals surface area contributed by atoms with Crippen LogP contribution in [0.5, 0.6) is 0 Å². The number of hydrogen-bond acceptors (Lipinski definition) is 5. The third-order valence-electron chi connectivity index (χ3n) is 2.61. The lowest BCUT2D eigenvalue weighted by atomic mass is 10.2. The van der Waals surface area contributed by atoms with Crippen LogP contribution in [0.15, 0.2) is 29.8 Å². The van der Waals surface area contributed by atoms with E-state index in [1.165, 1.54) is 17.1 Å². The molecule has 2 aromatic heterocycles. The lowest BCUT2D eigenvalue weighted by Gasteiger charge is -2.15. The Balaban J connectivity index is 2.12. The highest BCUT2D eigenvalue weighted by Gasteiger charge is 2.14. The summed E-state index contributed by atoms with van der Waals surface area (Å²) in [6, 6.07) is 5.55. The second-order valence-corrected chi connectivity index (χ2v) is 5.33. The molecule has 0 spiro atoms. The van der Waals surface area contributed by atoms with Crippen molar-refractivity contribution in [1.29, 1.82) is 0 Å². The quantitative estimate of drug-likeness (QED) is 0.781. The Bertz CT molecular complexity index is 569. The Morgan fingerprint density at radius 2 is 2.42 bits per heavy atom. The van der Waals surface area contributed by atoms with Crippen LogP contribution in [0, 0.1) is 0 Å². The molecule has 0 radical (unpaired) electrons. The normalized spacial score (nSPS) is 12.1. The molecule has 2 rings (SSSR count). The van der Waals surface area contributed by atoms with Crippen LogP contribution in [0.25, 0.3) is 0 Å². The molecule has 1 unspecified atom stereocenters. The lowest BCUT2D eigenvalue weighted by molar-refractivity contribution is 0.0697. The molecule has 0 amide bonds. The molecule has 0 aliphatic carbocycles. The summed E-state index contributed by atoms with van der Waals surface area (Å²) >= 11 is 1.68. The van der Waals surface area contributed by atoms with Crippen molar-refractivity contribution in [2.75, 3.05) is 11.1 Å². The summed E-state index contributed by atoms with van der Waals surface area (Å²) in [4.78, 5) is 16.4. The number of carbonyl (C=O) groups is 1. The second-order valence-electron chi connectivity index (χ2n) is 4.30. The molecular formula is C13H15N3O2S. The number of hydrogen-bond donors (Lipinski definition) is 3. The third kappa shape index (κ3) is 3.45. The van der Waals surface area contributed by atoms with Gasteiger partial charge in [-0.15, -0.1) is 11.3 Å². The van der Waals surface area contributed by atoms with E-state index in [-0.39, 0.29) is 11.6 Å². The largest absolute Gasteiger partial charge is 0.478 e. The molecule has 2 aromatic rings. The molecule has 6 heteroatoms. The van der Waals surface area contributed by atoms with E-state index < -0.39 is 5.97 Å². The zero-order chi connectivity index (χ0) is 13.8. The minimum absolute atomic E-state index is 0.0906. The molecule has 2 heterocycles. The van der Waals surface area contributed by atoms with Gasteiger partial charge in [0.25, 0.3) is 0 Å². The number of thiophene rings is 1. The highest BCUT2D eigenvalue weighted by atomic mass is 32.1. The predicted molar refractivity (Wildman–Crippen MR) is 76.7 cm³/mol. The van der Waals surface area contributed by atoms with Crippen molar-refractivity contribution in [3.8, 4) is 0 Å². The highest BCUT2D eigenvalue weighted by Crippen LogP contribution is 2.18. The van der Waals surface area contributed by atoms with Gasteiger partial charge in [0.2, 0.25) is 0 Å². The molecule has 5 nitrogen and oxygen atoms in total. The maximum atomic E-state index is 11.1. The number of nitrogens with one attached hydrogen (secondary N) is 1. The van der Waals surface area contributed by atoms with Crippen LogP contribution in [0.3, 0.4) is 0 Å². The predicted octanol–water partition coefficient (Wildman–Crippen LogP) is 2.47. The first-order valence-corrected chi connectivity index (χ1v) is 6.72. The van der Waals surface area contributed by atoms with Gasteiger partial charge in [-0.2, -0.15) is 0 Å². The van der Waals surface area contributed by atoms with E-state index in [0.717, 1.165) is 6.42 Å². The van der Waals surface area contributed by atoms with Crippen LogP contribution in [0.1, 0.15) is 22.2 Å². The van der Waals surface area contributed by atoms with Crippen molar-refractivity contribution >= 4 is 28.8 Å². The average molecular weight is 277 g/mol. The summed E-state index contributed by atoms with van der Waals surface area (Å²) in [6.07, 6.45) is 2.27. The van der Waals surface area contributed by atoms with E-state index in [9.17, 15) is 4.79 Å². The number of carboxylic acids is 1. The standard InChI is InChI=1S/C13H15N3O2S/c1-8(5-10-3-2-4-19-10)16-12-11(13(17)18)6-9(14)7-15-12/h2-4,6-8H,5,14H2,1H3,(H,15,16)(H,17,18). The topological polar surface area (TPSA) is 88.2 Å². The van der Waals surface area contributed by atoms with Crippen molar-refractivity contribution in [1.82, 2.24) is 4.98 Å². The molecule has 1 atom stereocenters. The van der Waals surface area contributed by atoms with Gasteiger partial charge in [-0.25, -0.2) is 9.78 Å². The lowest BCUT2D eigenvalue weighted by Crippen LogP contribution is -2.20. The van der Waals surface area contributed by atoms with Crippen molar-refractivity contribution < 1.29 is 9.90 Å². The molecule has 0 fully saturated rings. The van der Waals surface area contributed by atoms with Crippen molar-refractivity contribution in [2.45, 2.75) is 19.4 Å². The molecule has 4 N–H and O–H groups in total. The smallest absolute Gasteiger partial charge is 0.339 e. The Kier molecular flexibility index (Phi) is 4.01. The van der Waals surface area contributed by atoms with Gasteiger partial charge in [0.1, 0.15) is 11.4 Å². The first kappa shape index (κ1) is 13.4. The third-order valence-corrected chi connectivity index (χ3v) is 3.51. The number of rotatable bonds is 5. The first-order valence-electron chi connectivity index (χ1n) is 5.84. The number of carboxylic acid groups (broad SMARTS) is 1. The fraction of sp³-hybridized carbons (Fsp3) is 0.231. The van der Waals surface area contributed by atoms with Crippen molar-refractivity contribution in [3.05, 3.63) is 40.2 Å². The average Bonchev–Trinajstić information content (AvgIpc) is 2.83. The molecule has 0 aliphatic rings. The van der Waals surface area contributed by atoms with E-state index in [2.05, 4.69) is 16.4 Å². The van der Waals surface area contributed by atoms with Crippen LogP contribution in [0.4, 0.5) is 11.5 Å². The fourth-order valence-corrected chi connectivity index (χ4v) is 2.61. The molecule has 0 saturated heterocycles. The van der Waals surface area contributed by atoms with E-state index in [0.29, 0.717) is 11.5 Å². The molecule has 0 aromatic carbocycles. The maximum absolute atomic E-state index is 11.1. The van der Waals surface area contributed by atoms with Gasteiger partial charge >= 0.3 is 5.97 Å². The van der Waals surface area contributed by atoms with Crippen LogP contribution < -0.4 is 11.1 Å². The summed E-state index contributed by atoms with van der Waals surface area (Å²) in [7, 11) is 0. The molecule has 0 aliphatic heterocycles. The first-order chi connectivity index (χ1) is 9.06. The van der Waals surface area contributed by atoms with Crippen LogP contribution >= 0.6 is 11.3 Å². The van der Waals surface area contributed by atoms with E-state index in [1.54, 1.807) is 11.3 Å². The number of nitrogens with zero attached hydrogens (tertiary/aromatic N) is 1. The van der Waals surface area contributed by atoms with Gasteiger partial charge in [-0.1, -0.05) is 6.07 Å². The Morgan fingerprint density at radius 3 is 3.05 bits per heavy atom. The van der Waals surface area contributed by atoms with Gasteiger partial charge in [0, 0.05) is 17.3 Å². The maximum Gasteiger partial charge on any atom is 0.339 e. The zero-order valence-corrected chi connectivity index (χ0v) is 11.3. The minimum Gasteiger partial charge on any atom is -0.478 e. The SMILES string of the molecule is CC(Cc1cccs1)Nc1ncc(N)cc1C(=O)O. The molecule has 0 saturated carbocycles. The number of aromatic nitrogens is 1. The van der Waals surface area contributed by atoms with E-state index in [4.69, 9.17) is 10.8 Å². The summed E-state index contributed by atoms with van der Waals surface area (Å²) < 4.78 is 0. The van der Waals surface area contributed by atoms with E-state index in [1.807, 2.05) is 18.4 Å². The monoisotopic (exact) mass is 277 g/mol. The summed E-state index contributed by atoms with van der Waals surface area (Å²) in [6.45, 7) is 1.99. The van der Waals surface area contributed by atoms with Crippen molar-refractivity contribution in [3.63, 3.8) is 0 Å². The Labute approximate surface area is 115 Å². The number of nitrogen functional groups attached to an aromatic ring is 1. The molecule has 100 valence electrons. The van der Waals surface area contributed by atoms with Gasteiger partial charge in [-0.05, 0) is 24.4 Å². The molecule has 0 bridgehead atoms. The molecule has 19 heavy (non-hydrogen) atoms. The minimum atomic E-state index is -1.04. The van der Waals surface area contributed by atoms with Crippen LogP contribution in [-0.4, -0.2) is 22.1 Å². The van der Waals surface area contributed by atoms with Gasteiger partial charge in [0.05, 0.1) is 11.9 Å².